The van der Waals surface area contributed by atoms with Gasteiger partial charge in [0.25, 0.3) is 10.0 Å². The molecule has 13 heteroatoms. The predicted molar refractivity (Wildman–Crippen MR) is 165 cm³/mol. The number of fused-ring (bicyclic) bond motifs is 1. The standard InChI is InChI=1S/C31H32Cl2FN3O6S/c1-20(31(39)35-24-4-2-3-5-24)36(18-21-6-7-22(32)16-27(21)33)30(38)19-37(25-10-8-23(34)9-11-25)44(40,41)26-12-13-28-29(17-26)43-15-14-42-28/h6-13,16-17,20,24H,2-5,14-15,18-19H2,1H3,(H,35,39)/t20-/m0/s1. The summed E-state index contributed by atoms with van der Waals surface area (Å²) in [5.41, 5.74) is 0.579. The lowest BCUT2D eigenvalue weighted by atomic mass is 10.1. The van der Waals surface area contributed by atoms with Crippen LogP contribution < -0.4 is 19.1 Å². The van der Waals surface area contributed by atoms with E-state index in [1.807, 2.05) is 0 Å². The number of ether oxygens (including phenoxy) is 2. The average Bonchev–Trinajstić information content (AvgIpc) is 3.52. The minimum atomic E-state index is -4.40. The summed E-state index contributed by atoms with van der Waals surface area (Å²) in [4.78, 5) is 28.6. The molecule has 0 aromatic heterocycles. The second kappa shape index (κ2) is 13.6. The van der Waals surface area contributed by atoms with Crippen molar-refractivity contribution < 1.29 is 31.9 Å². The number of carbonyl (C=O) groups excluding carboxylic acids is 2. The first-order chi connectivity index (χ1) is 21.0. The Bertz CT molecular complexity index is 1630. The summed E-state index contributed by atoms with van der Waals surface area (Å²) in [5, 5.41) is 3.70. The molecule has 1 aliphatic heterocycles. The van der Waals surface area contributed by atoms with Gasteiger partial charge in [-0.15, -0.1) is 0 Å². The number of sulfonamides is 1. The molecule has 3 aromatic carbocycles. The quantitative estimate of drug-likeness (QED) is 0.304. The van der Waals surface area contributed by atoms with Gasteiger partial charge in [-0.25, -0.2) is 12.8 Å². The van der Waals surface area contributed by atoms with E-state index in [1.54, 1.807) is 19.1 Å². The zero-order chi connectivity index (χ0) is 31.4. The van der Waals surface area contributed by atoms with Crippen molar-refractivity contribution in [2.45, 2.75) is 56.1 Å². The SMILES string of the molecule is C[C@@H](C(=O)NC1CCCC1)N(Cc1ccc(Cl)cc1Cl)C(=O)CN(c1ccc(F)cc1)S(=O)(=O)c1ccc2c(c1)OCCO2. The van der Waals surface area contributed by atoms with Crippen molar-refractivity contribution in [3.8, 4) is 11.5 Å². The summed E-state index contributed by atoms with van der Waals surface area (Å²) in [6, 6.07) is 12.8. The van der Waals surface area contributed by atoms with E-state index in [2.05, 4.69) is 5.32 Å². The van der Waals surface area contributed by atoms with Crippen molar-refractivity contribution in [1.82, 2.24) is 10.2 Å². The van der Waals surface area contributed by atoms with Crippen LogP contribution in [0.3, 0.4) is 0 Å². The highest BCUT2D eigenvalue weighted by Gasteiger charge is 2.34. The molecular formula is C31H32Cl2FN3O6S. The van der Waals surface area contributed by atoms with Gasteiger partial charge in [-0.3, -0.25) is 13.9 Å². The first kappa shape index (κ1) is 31.9. The van der Waals surface area contributed by atoms with Crippen LogP contribution in [-0.2, 0) is 26.2 Å². The molecule has 0 spiro atoms. The van der Waals surface area contributed by atoms with E-state index in [0.717, 1.165) is 42.1 Å². The highest BCUT2D eigenvalue weighted by molar-refractivity contribution is 7.92. The molecule has 0 bridgehead atoms. The second-order valence-corrected chi connectivity index (χ2v) is 13.4. The van der Waals surface area contributed by atoms with Gasteiger partial charge in [-0.1, -0.05) is 42.1 Å². The third-order valence-corrected chi connectivity index (χ3v) is 10.1. The van der Waals surface area contributed by atoms with Crippen LogP contribution in [0, 0.1) is 5.82 Å². The summed E-state index contributed by atoms with van der Waals surface area (Å²) in [7, 11) is -4.40. The molecule has 2 aliphatic rings. The van der Waals surface area contributed by atoms with Gasteiger partial charge in [-0.05, 0) is 73.9 Å². The number of nitrogens with zero attached hydrogens (tertiary/aromatic N) is 2. The summed E-state index contributed by atoms with van der Waals surface area (Å²) in [5.74, 6) is -0.964. The van der Waals surface area contributed by atoms with E-state index < -0.39 is 34.3 Å². The van der Waals surface area contributed by atoms with Gasteiger partial charge in [0.1, 0.15) is 31.6 Å². The number of carbonyl (C=O) groups is 2. The lowest BCUT2D eigenvalue weighted by Gasteiger charge is -2.32. The van der Waals surface area contributed by atoms with Gasteiger partial charge in [0, 0.05) is 28.7 Å². The van der Waals surface area contributed by atoms with Crippen LogP contribution in [0.5, 0.6) is 11.5 Å². The van der Waals surface area contributed by atoms with Crippen molar-refractivity contribution in [2.24, 2.45) is 0 Å². The largest absolute Gasteiger partial charge is 0.486 e. The summed E-state index contributed by atoms with van der Waals surface area (Å²) >= 11 is 12.5. The van der Waals surface area contributed by atoms with E-state index in [-0.39, 0.29) is 46.5 Å². The minimum Gasteiger partial charge on any atom is -0.486 e. The van der Waals surface area contributed by atoms with Crippen LogP contribution in [0.1, 0.15) is 38.2 Å². The Labute approximate surface area is 265 Å². The van der Waals surface area contributed by atoms with Gasteiger partial charge in [-0.2, -0.15) is 0 Å². The molecule has 1 saturated carbocycles. The molecular weight excluding hydrogens is 632 g/mol. The molecule has 0 saturated heterocycles. The number of benzene rings is 3. The molecule has 2 amide bonds. The second-order valence-electron chi connectivity index (χ2n) is 10.7. The van der Waals surface area contributed by atoms with E-state index in [1.165, 1.54) is 41.3 Å². The Morgan fingerprint density at radius 3 is 2.34 bits per heavy atom. The lowest BCUT2D eigenvalue weighted by Crippen LogP contribution is -2.52. The van der Waals surface area contributed by atoms with Crippen LogP contribution in [0.2, 0.25) is 10.0 Å². The van der Waals surface area contributed by atoms with Crippen molar-refractivity contribution in [1.29, 1.82) is 0 Å². The highest BCUT2D eigenvalue weighted by Crippen LogP contribution is 2.34. The molecule has 1 aliphatic carbocycles. The summed E-state index contributed by atoms with van der Waals surface area (Å²) in [6.45, 7) is 1.39. The molecule has 0 unspecified atom stereocenters. The van der Waals surface area contributed by atoms with Gasteiger partial charge < -0.3 is 19.7 Å². The molecule has 234 valence electrons. The molecule has 44 heavy (non-hydrogen) atoms. The summed E-state index contributed by atoms with van der Waals surface area (Å²) < 4.78 is 54.1. The first-order valence-electron chi connectivity index (χ1n) is 14.2. The monoisotopic (exact) mass is 663 g/mol. The average molecular weight is 665 g/mol. The lowest BCUT2D eigenvalue weighted by molar-refractivity contribution is -0.139. The number of halogens is 3. The Morgan fingerprint density at radius 2 is 1.66 bits per heavy atom. The van der Waals surface area contributed by atoms with Crippen molar-refractivity contribution in [3.05, 3.63) is 82.1 Å². The van der Waals surface area contributed by atoms with E-state index in [9.17, 15) is 22.4 Å². The van der Waals surface area contributed by atoms with Gasteiger partial charge >= 0.3 is 0 Å². The van der Waals surface area contributed by atoms with Crippen LogP contribution in [0.15, 0.2) is 65.6 Å². The van der Waals surface area contributed by atoms with Crippen LogP contribution >= 0.6 is 23.2 Å². The normalized spacial score (nSPS) is 15.5. The van der Waals surface area contributed by atoms with Gasteiger partial charge in [0.15, 0.2) is 11.5 Å². The minimum absolute atomic E-state index is 0.00678. The molecule has 1 heterocycles. The van der Waals surface area contributed by atoms with E-state index in [4.69, 9.17) is 32.7 Å². The third-order valence-electron chi connectivity index (χ3n) is 7.72. The maximum Gasteiger partial charge on any atom is 0.264 e. The molecule has 5 rings (SSSR count). The van der Waals surface area contributed by atoms with Crippen molar-refractivity contribution >= 4 is 50.7 Å². The molecule has 0 radical (unpaired) electrons. The van der Waals surface area contributed by atoms with Gasteiger partial charge in [0.2, 0.25) is 11.8 Å². The molecule has 9 nitrogen and oxygen atoms in total. The number of rotatable bonds is 10. The predicted octanol–water partition coefficient (Wildman–Crippen LogP) is 5.58. The maximum atomic E-state index is 14.1. The van der Waals surface area contributed by atoms with Gasteiger partial charge in [0.05, 0.1) is 10.6 Å². The smallest absolute Gasteiger partial charge is 0.264 e. The fourth-order valence-electron chi connectivity index (χ4n) is 5.26. The van der Waals surface area contributed by atoms with E-state index >= 15 is 0 Å². The Kier molecular flexibility index (Phi) is 9.87. The Hall–Kier alpha value is -3.54. The van der Waals surface area contributed by atoms with E-state index in [0.29, 0.717) is 22.9 Å². The molecule has 1 fully saturated rings. The summed E-state index contributed by atoms with van der Waals surface area (Å²) in [6.07, 6.45) is 3.71. The number of amides is 2. The Balaban J connectivity index is 1.49. The molecule has 3 aromatic rings. The highest BCUT2D eigenvalue weighted by atomic mass is 35.5. The third kappa shape index (κ3) is 7.22. The fourth-order valence-corrected chi connectivity index (χ4v) is 7.15. The first-order valence-corrected chi connectivity index (χ1v) is 16.4. The number of nitrogens with one attached hydrogen (secondary N) is 1. The van der Waals surface area contributed by atoms with Crippen LogP contribution in [-0.4, -0.2) is 57.0 Å². The maximum absolute atomic E-state index is 14.1. The topological polar surface area (TPSA) is 105 Å². The molecule has 1 atom stereocenters. The number of hydrogen-bond acceptors (Lipinski definition) is 6. The van der Waals surface area contributed by atoms with Crippen molar-refractivity contribution in [3.63, 3.8) is 0 Å². The number of anilines is 1. The van der Waals surface area contributed by atoms with Crippen molar-refractivity contribution in [2.75, 3.05) is 24.1 Å². The molecule has 1 N–H and O–H groups in total. The fraction of sp³-hybridized carbons (Fsp3) is 0.355. The zero-order valence-corrected chi connectivity index (χ0v) is 26.3. The van der Waals surface area contributed by atoms with Crippen LogP contribution in [0.25, 0.3) is 0 Å². The number of hydrogen-bond donors (Lipinski definition) is 1. The zero-order valence-electron chi connectivity index (χ0n) is 24.0. The van der Waals surface area contributed by atoms with Crippen LogP contribution in [0.4, 0.5) is 10.1 Å². The Morgan fingerprint density at radius 1 is 0.977 bits per heavy atom.